The highest BCUT2D eigenvalue weighted by Gasteiger charge is 2.40. The Kier molecular flexibility index (Phi) is 3.61. The van der Waals surface area contributed by atoms with Crippen LogP contribution in [0.4, 0.5) is 0 Å². The first-order valence-electron chi connectivity index (χ1n) is 4.91. The van der Waals surface area contributed by atoms with Crippen LogP contribution in [0.15, 0.2) is 4.99 Å². The maximum Gasteiger partial charge on any atom is 0.191 e. The average molecular weight is 220 g/mol. The molecule has 4 nitrogen and oxygen atoms in total. The van der Waals surface area contributed by atoms with E-state index in [2.05, 4.69) is 9.89 Å². The van der Waals surface area contributed by atoms with Crippen molar-refractivity contribution in [3.63, 3.8) is 0 Å². The number of rotatable bonds is 0. The number of nitrogens with zero attached hydrogens (tertiary/aromatic N) is 2. The van der Waals surface area contributed by atoms with Crippen LogP contribution in [0.1, 0.15) is 25.7 Å². The zero-order chi connectivity index (χ0) is 9.42. The average Bonchev–Trinajstić information content (AvgIpc) is 2.37. The van der Waals surface area contributed by atoms with E-state index in [1.165, 1.54) is 0 Å². The molecule has 0 aromatic rings. The molecule has 0 aromatic heterocycles. The first kappa shape index (κ1) is 11.6. The molecule has 0 saturated carbocycles. The van der Waals surface area contributed by atoms with Crippen molar-refractivity contribution in [2.24, 2.45) is 10.7 Å². The number of guanidine groups is 1. The molecule has 2 bridgehead atoms. The van der Waals surface area contributed by atoms with Gasteiger partial charge >= 0.3 is 0 Å². The molecule has 2 unspecified atom stereocenters. The molecule has 5 heteroatoms. The van der Waals surface area contributed by atoms with Crippen molar-refractivity contribution < 1.29 is 5.11 Å². The van der Waals surface area contributed by atoms with E-state index >= 15 is 0 Å². The van der Waals surface area contributed by atoms with Crippen LogP contribution in [0.3, 0.4) is 0 Å². The summed E-state index contributed by atoms with van der Waals surface area (Å²) in [5.74, 6) is 0.638. The second-order valence-electron chi connectivity index (χ2n) is 4.00. The molecule has 2 aliphatic rings. The molecule has 0 radical (unpaired) electrons. The standard InChI is InChI=1S/C9H17N3O.ClH/c1-11-9(10)12-6-2-3-7(12)5-8(13)4-6;/h6-8,13H,2-5H2,1H3,(H2,10,11);1H. The van der Waals surface area contributed by atoms with Gasteiger partial charge in [0.15, 0.2) is 5.96 Å². The van der Waals surface area contributed by atoms with Crippen LogP contribution in [0.2, 0.25) is 0 Å². The Labute approximate surface area is 90.6 Å². The summed E-state index contributed by atoms with van der Waals surface area (Å²) in [5.41, 5.74) is 5.81. The van der Waals surface area contributed by atoms with Crippen molar-refractivity contribution in [1.82, 2.24) is 4.90 Å². The number of hydrogen-bond donors (Lipinski definition) is 2. The second-order valence-corrected chi connectivity index (χ2v) is 4.00. The van der Waals surface area contributed by atoms with Gasteiger partial charge in [-0.05, 0) is 25.7 Å². The van der Waals surface area contributed by atoms with E-state index in [9.17, 15) is 5.11 Å². The fourth-order valence-electron chi connectivity index (χ4n) is 2.64. The maximum absolute atomic E-state index is 9.55. The van der Waals surface area contributed by atoms with Gasteiger partial charge in [0.1, 0.15) is 0 Å². The first-order valence-corrected chi connectivity index (χ1v) is 4.91. The number of nitrogens with two attached hydrogens (primary N) is 1. The summed E-state index contributed by atoms with van der Waals surface area (Å²) in [6.07, 6.45) is 3.88. The highest BCUT2D eigenvalue weighted by atomic mass is 35.5. The van der Waals surface area contributed by atoms with Crippen molar-refractivity contribution in [3.05, 3.63) is 0 Å². The van der Waals surface area contributed by atoms with Gasteiger partial charge in [-0.1, -0.05) is 0 Å². The minimum atomic E-state index is -0.126. The van der Waals surface area contributed by atoms with Gasteiger partial charge in [0.2, 0.25) is 0 Å². The Hall–Kier alpha value is -0.480. The van der Waals surface area contributed by atoms with E-state index < -0.39 is 0 Å². The van der Waals surface area contributed by atoms with Crippen LogP contribution in [-0.2, 0) is 0 Å². The minimum absolute atomic E-state index is 0. The molecule has 2 saturated heterocycles. The first-order chi connectivity index (χ1) is 6.22. The van der Waals surface area contributed by atoms with Crippen LogP contribution in [0.25, 0.3) is 0 Å². The number of halogens is 1. The van der Waals surface area contributed by atoms with Crippen molar-refractivity contribution in [3.8, 4) is 0 Å². The molecule has 0 aliphatic carbocycles. The lowest BCUT2D eigenvalue weighted by Crippen LogP contribution is -2.51. The van der Waals surface area contributed by atoms with Crippen LogP contribution >= 0.6 is 12.4 Å². The molecule has 2 fully saturated rings. The summed E-state index contributed by atoms with van der Waals surface area (Å²) >= 11 is 0. The van der Waals surface area contributed by atoms with Gasteiger partial charge in [-0.25, -0.2) is 0 Å². The fourth-order valence-corrected chi connectivity index (χ4v) is 2.64. The van der Waals surface area contributed by atoms with Crippen LogP contribution in [-0.4, -0.2) is 41.2 Å². The number of fused-ring (bicyclic) bond motifs is 2. The van der Waals surface area contributed by atoms with Crippen molar-refractivity contribution in [2.45, 2.75) is 43.9 Å². The van der Waals surface area contributed by atoms with E-state index in [0.717, 1.165) is 25.7 Å². The molecule has 0 aromatic carbocycles. The Bertz CT molecular complexity index is 220. The number of hydrogen-bond acceptors (Lipinski definition) is 2. The molecular weight excluding hydrogens is 202 g/mol. The van der Waals surface area contributed by atoms with Gasteiger partial charge in [-0.15, -0.1) is 12.4 Å². The largest absolute Gasteiger partial charge is 0.393 e. The molecule has 0 spiro atoms. The highest BCUT2D eigenvalue weighted by Crippen LogP contribution is 2.35. The van der Waals surface area contributed by atoms with Crippen molar-refractivity contribution in [1.29, 1.82) is 0 Å². The lowest BCUT2D eigenvalue weighted by Gasteiger charge is -2.37. The summed E-state index contributed by atoms with van der Waals surface area (Å²) in [5, 5.41) is 9.55. The smallest absolute Gasteiger partial charge is 0.191 e. The zero-order valence-corrected chi connectivity index (χ0v) is 9.20. The SMILES string of the molecule is CN=C(N)N1C2CCC1CC(O)C2.Cl. The van der Waals surface area contributed by atoms with Gasteiger partial charge in [0, 0.05) is 19.1 Å². The second kappa shape index (κ2) is 4.36. The summed E-state index contributed by atoms with van der Waals surface area (Å²) in [6, 6.07) is 0.856. The zero-order valence-electron chi connectivity index (χ0n) is 8.39. The van der Waals surface area contributed by atoms with E-state index in [1.54, 1.807) is 7.05 Å². The number of aliphatic hydroxyl groups is 1. The number of aliphatic imine (C=N–C) groups is 1. The maximum atomic E-state index is 9.55. The van der Waals surface area contributed by atoms with Crippen LogP contribution in [0.5, 0.6) is 0 Å². The van der Waals surface area contributed by atoms with Gasteiger partial charge in [0.25, 0.3) is 0 Å². The third-order valence-corrected chi connectivity index (χ3v) is 3.20. The van der Waals surface area contributed by atoms with Gasteiger partial charge < -0.3 is 15.7 Å². The molecule has 14 heavy (non-hydrogen) atoms. The summed E-state index contributed by atoms with van der Waals surface area (Å²) in [7, 11) is 1.72. The number of aliphatic hydroxyl groups excluding tert-OH is 1. The van der Waals surface area contributed by atoms with E-state index in [0.29, 0.717) is 18.0 Å². The van der Waals surface area contributed by atoms with E-state index in [1.807, 2.05) is 0 Å². The monoisotopic (exact) mass is 219 g/mol. The van der Waals surface area contributed by atoms with E-state index in [-0.39, 0.29) is 18.5 Å². The molecule has 0 amide bonds. The van der Waals surface area contributed by atoms with Crippen LogP contribution in [0, 0.1) is 0 Å². The van der Waals surface area contributed by atoms with Crippen LogP contribution < -0.4 is 5.73 Å². The Morgan fingerprint density at radius 1 is 1.36 bits per heavy atom. The summed E-state index contributed by atoms with van der Waals surface area (Å²) < 4.78 is 0. The van der Waals surface area contributed by atoms with Gasteiger partial charge in [-0.3, -0.25) is 4.99 Å². The fraction of sp³-hybridized carbons (Fsp3) is 0.889. The lowest BCUT2D eigenvalue weighted by molar-refractivity contribution is 0.0705. The van der Waals surface area contributed by atoms with Crippen molar-refractivity contribution >= 4 is 18.4 Å². The third-order valence-electron chi connectivity index (χ3n) is 3.20. The molecule has 2 aliphatic heterocycles. The molecular formula is C9H18ClN3O. The van der Waals surface area contributed by atoms with Gasteiger partial charge in [-0.2, -0.15) is 0 Å². The van der Waals surface area contributed by atoms with Crippen molar-refractivity contribution in [2.75, 3.05) is 7.05 Å². The topological polar surface area (TPSA) is 61.8 Å². The van der Waals surface area contributed by atoms with E-state index in [4.69, 9.17) is 5.73 Å². The molecule has 82 valence electrons. The Morgan fingerprint density at radius 2 is 1.86 bits per heavy atom. The number of piperidine rings is 1. The molecule has 2 atom stereocenters. The quantitative estimate of drug-likeness (QED) is 0.456. The van der Waals surface area contributed by atoms with Gasteiger partial charge in [0.05, 0.1) is 6.10 Å². The summed E-state index contributed by atoms with van der Waals surface area (Å²) in [4.78, 5) is 6.20. The predicted molar refractivity (Wildman–Crippen MR) is 58.7 cm³/mol. The normalized spacial score (nSPS) is 36.9. The Morgan fingerprint density at radius 3 is 2.29 bits per heavy atom. The summed E-state index contributed by atoms with van der Waals surface area (Å²) in [6.45, 7) is 0. The lowest BCUT2D eigenvalue weighted by atomic mass is 10.0. The third kappa shape index (κ3) is 1.81. The molecule has 3 N–H and O–H groups in total. The molecule has 2 rings (SSSR count). The predicted octanol–water partition coefficient (Wildman–Crippen LogP) is 0.340. The Balaban J connectivity index is 0.000000980. The minimum Gasteiger partial charge on any atom is -0.393 e. The highest BCUT2D eigenvalue weighted by molar-refractivity contribution is 5.85. The molecule has 2 heterocycles.